The third-order valence-corrected chi connectivity index (χ3v) is 4.52. The van der Waals surface area contributed by atoms with E-state index in [1.54, 1.807) is 0 Å². The molecule has 0 aliphatic carbocycles. The Kier molecular flexibility index (Phi) is 4.39. The number of aromatic nitrogens is 3. The molecule has 2 aromatic heterocycles. The third kappa shape index (κ3) is 3.44. The maximum Gasteiger partial charge on any atom is 0.224 e. The summed E-state index contributed by atoms with van der Waals surface area (Å²) < 4.78 is 0. The standard InChI is InChI=1S/C20H22N6/c1-25(2)19-11-15(7-9-21-19)12-23-20-22-10-8-18(24-20)26-13-16-5-3-4-6-17(16)14-26/h3-11H,12-14H2,1-2H3,(H,22,23,24). The van der Waals surface area contributed by atoms with E-state index >= 15 is 0 Å². The molecule has 0 fully saturated rings. The zero-order valence-electron chi connectivity index (χ0n) is 15.1. The molecule has 0 amide bonds. The van der Waals surface area contributed by atoms with E-state index in [0.717, 1.165) is 30.3 Å². The molecular weight excluding hydrogens is 324 g/mol. The SMILES string of the molecule is CN(C)c1cc(CNc2nccc(N3Cc4ccccc4C3)n2)ccn1. The average molecular weight is 346 g/mol. The molecule has 0 spiro atoms. The molecule has 26 heavy (non-hydrogen) atoms. The topological polar surface area (TPSA) is 57.2 Å². The number of anilines is 3. The number of pyridine rings is 1. The summed E-state index contributed by atoms with van der Waals surface area (Å²) in [4.78, 5) is 17.6. The van der Waals surface area contributed by atoms with Crippen molar-refractivity contribution in [2.45, 2.75) is 19.6 Å². The second-order valence-corrected chi connectivity index (χ2v) is 6.63. The molecule has 132 valence electrons. The van der Waals surface area contributed by atoms with Crippen LogP contribution in [0.4, 0.5) is 17.6 Å². The minimum Gasteiger partial charge on any atom is -0.363 e. The highest BCUT2D eigenvalue weighted by Gasteiger charge is 2.19. The minimum absolute atomic E-state index is 0.640. The monoisotopic (exact) mass is 346 g/mol. The van der Waals surface area contributed by atoms with Crippen LogP contribution in [0.3, 0.4) is 0 Å². The molecule has 1 N–H and O–H groups in total. The van der Waals surface area contributed by atoms with E-state index in [0.29, 0.717) is 12.5 Å². The Hall–Kier alpha value is -3.15. The molecule has 3 heterocycles. The van der Waals surface area contributed by atoms with E-state index in [-0.39, 0.29) is 0 Å². The van der Waals surface area contributed by atoms with Gasteiger partial charge in [0, 0.05) is 46.1 Å². The first-order valence-corrected chi connectivity index (χ1v) is 8.70. The molecule has 1 aromatic carbocycles. The fourth-order valence-electron chi connectivity index (χ4n) is 3.10. The van der Waals surface area contributed by atoms with Crippen LogP contribution in [-0.2, 0) is 19.6 Å². The van der Waals surface area contributed by atoms with E-state index in [4.69, 9.17) is 0 Å². The summed E-state index contributed by atoms with van der Waals surface area (Å²) in [6.45, 7) is 2.44. The van der Waals surface area contributed by atoms with Crippen LogP contribution in [0.25, 0.3) is 0 Å². The molecule has 0 bridgehead atoms. The maximum atomic E-state index is 4.69. The lowest BCUT2D eigenvalue weighted by atomic mass is 10.1. The quantitative estimate of drug-likeness (QED) is 0.766. The molecule has 4 rings (SSSR count). The van der Waals surface area contributed by atoms with Crippen molar-refractivity contribution in [2.75, 3.05) is 29.2 Å². The van der Waals surface area contributed by atoms with Gasteiger partial charge in [-0.2, -0.15) is 4.98 Å². The van der Waals surface area contributed by atoms with Gasteiger partial charge in [0.1, 0.15) is 11.6 Å². The van der Waals surface area contributed by atoms with Crippen LogP contribution in [0.1, 0.15) is 16.7 Å². The molecule has 0 radical (unpaired) electrons. The van der Waals surface area contributed by atoms with Crippen molar-refractivity contribution in [2.24, 2.45) is 0 Å². The molecular formula is C20H22N6. The number of hydrogen-bond donors (Lipinski definition) is 1. The number of nitrogens with one attached hydrogen (secondary N) is 1. The maximum absolute atomic E-state index is 4.69. The van der Waals surface area contributed by atoms with Gasteiger partial charge in [-0.1, -0.05) is 24.3 Å². The van der Waals surface area contributed by atoms with Crippen molar-refractivity contribution in [3.05, 3.63) is 71.5 Å². The highest BCUT2D eigenvalue weighted by Crippen LogP contribution is 2.26. The summed E-state index contributed by atoms with van der Waals surface area (Å²) in [6.07, 6.45) is 3.64. The fraction of sp³-hybridized carbons (Fsp3) is 0.250. The number of benzene rings is 1. The predicted octanol–water partition coefficient (Wildman–Crippen LogP) is 3.07. The van der Waals surface area contributed by atoms with Gasteiger partial charge in [-0.15, -0.1) is 0 Å². The number of rotatable bonds is 5. The average Bonchev–Trinajstić information content (AvgIpc) is 3.11. The van der Waals surface area contributed by atoms with Gasteiger partial charge < -0.3 is 15.1 Å². The summed E-state index contributed by atoms with van der Waals surface area (Å²) >= 11 is 0. The Balaban J connectivity index is 1.45. The van der Waals surface area contributed by atoms with E-state index in [1.807, 2.05) is 43.5 Å². The van der Waals surface area contributed by atoms with Crippen LogP contribution in [0, 0.1) is 0 Å². The van der Waals surface area contributed by atoms with Gasteiger partial charge in [0.15, 0.2) is 0 Å². The van der Waals surface area contributed by atoms with Crippen molar-refractivity contribution in [3.63, 3.8) is 0 Å². The fourth-order valence-corrected chi connectivity index (χ4v) is 3.10. The number of hydrogen-bond acceptors (Lipinski definition) is 6. The van der Waals surface area contributed by atoms with Gasteiger partial charge >= 0.3 is 0 Å². The third-order valence-electron chi connectivity index (χ3n) is 4.52. The molecule has 6 heteroatoms. The number of fused-ring (bicyclic) bond motifs is 1. The van der Waals surface area contributed by atoms with Crippen LogP contribution < -0.4 is 15.1 Å². The van der Waals surface area contributed by atoms with Crippen LogP contribution in [-0.4, -0.2) is 29.0 Å². The summed E-state index contributed by atoms with van der Waals surface area (Å²) in [5.41, 5.74) is 3.88. The van der Waals surface area contributed by atoms with Gasteiger partial charge in [0.25, 0.3) is 0 Å². The van der Waals surface area contributed by atoms with Crippen LogP contribution >= 0.6 is 0 Å². The smallest absolute Gasteiger partial charge is 0.224 e. The summed E-state index contributed by atoms with van der Waals surface area (Å²) in [7, 11) is 3.97. The molecule has 6 nitrogen and oxygen atoms in total. The van der Waals surface area contributed by atoms with Crippen LogP contribution in [0.5, 0.6) is 0 Å². The molecule has 0 atom stereocenters. The first kappa shape index (κ1) is 16.3. The van der Waals surface area contributed by atoms with E-state index in [2.05, 4.69) is 55.5 Å². The Morgan fingerprint density at radius 3 is 2.46 bits per heavy atom. The van der Waals surface area contributed by atoms with Crippen molar-refractivity contribution in [3.8, 4) is 0 Å². The number of nitrogens with zero attached hydrogens (tertiary/aromatic N) is 5. The predicted molar refractivity (Wildman–Crippen MR) is 104 cm³/mol. The Morgan fingerprint density at radius 2 is 1.73 bits per heavy atom. The zero-order valence-corrected chi connectivity index (χ0v) is 15.1. The lowest BCUT2D eigenvalue weighted by Gasteiger charge is -2.17. The highest BCUT2D eigenvalue weighted by atomic mass is 15.2. The Morgan fingerprint density at radius 1 is 1.00 bits per heavy atom. The zero-order chi connectivity index (χ0) is 17.9. The molecule has 0 unspecified atom stereocenters. The van der Waals surface area contributed by atoms with Crippen molar-refractivity contribution >= 4 is 17.6 Å². The van der Waals surface area contributed by atoms with Gasteiger partial charge in [-0.25, -0.2) is 9.97 Å². The normalized spacial score (nSPS) is 12.8. The summed E-state index contributed by atoms with van der Waals surface area (Å²) in [5.74, 6) is 2.53. The molecule has 0 saturated carbocycles. The molecule has 3 aromatic rings. The highest BCUT2D eigenvalue weighted by molar-refractivity contribution is 5.49. The van der Waals surface area contributed by atoms with Gasteiger partial charge in [0.2, 0.25) is 5.95 Å². The summed E-state index contributed by atoms with van der Waals surface area (Å²) in [6, 6.07) is 14.6. The van der Waals surface area contributed by atoms with Crippen LogP contribution in [0.2, 0.25) is 0 Å². The van der Waals surface area contributed by atoms with E-state index < -0.39 is 0 Å². The van der Waals surface area contributed by atoms with Crippen molar-refractivity contribution < 1.29 is 0 Å². The molecule has 1 aliphatic heterocycles. The second kappa shape index (κ2) is 7.00. The lowest BCUT2D eigenvalue weighted by Crippen LogP contribution is -2.17. The first-order chi connectivity index (χ1) is 12.7. The van der Waals surface area contributed by atoms with Crippen molar-refractivity contribution in [1.29, 1.82) is 0 Å². The molecule has 1 aliphatic rings. The van der Waals surface area contributed by atoms with E-state index in [9.17, 15) is 0 Å². The van der Waals surface area contributed by atoms with Crippen LogP contribution in [0.15, 0.2) is 54.9 Å². The largest absolute Gasteiger partial charge is 0.363 e. The second-order valence-electron chi connectivity index (χ2n) is 6.63. The Bertz CT molecular complexity index is 883. The molecule has 0 saturated heterocycles. The van der Waals surface area contributed by atoms with Gasteiger partial charge in [-0.3, -0.25) is 0 Å². The Labute approximate surface area is 153 Å². The van der Waals surface area contributed by atoms with Gasteiger partial charge in [0.05, 0.1) is 0 Å². The minimum atomic E-state index is 0.640. The lowest BCUT2D eigenvalue weighted by molar-refractivity contribution is 0.850. The van der Waals surface area contributed by atoms with E-state index in [1.165, 1.54) is 11.1 Å². The van der Waals surface area contributed by atoms with Gasteiger partial charge in [-0.05, 0) is 34.9 Å². The first-order valence-electron chi connectivity index (χ1n) is 8.70. The summed E-state index contributed by atoms with van der Waals surface area (Å²) in [5, 5.41) is 3.32. The van der Waals surface area contributed by atoms with Crippen molar-refractivity contribution in [1.82, 2.24) is 15.0 Å².